The summed E-state index contributed by atoms with van der Waals surface area (Å²) in [6.45, 7) is 2.02. The third-order valence-electron chi connectivity index (χ3n) is 4.04. The fourth-order valence-electron chi connectivity index (χ4n) is 2.87. The maximum absolute atomic E-state index is 4.57. The molecule has 0 saturated heterocycles. The topological polar surface area (TPSA) is 30.7 Å². The van der Waals surface area contributed by atoms with E-state index in [4.69, 9.17) is 0 Å². The van der Waals surface area contributed by atoms with Crippen LogP contribution in [0.3, 0.4) is 0 Å². The molecule has 2 heterocycles. The number of pyridine rings is 1. The van der Waals surface area contributed by atoms with Crippen LogP contribution in [0.25, 0.3) is 28.9 Å². The zero-order valence-corrected chi connectivity index (χ0v) is 13.4. The lowest BCUT2D eigenvalue weighted by atomic mass is 10.1. The molecule has 116 valence electrons. The third kappa shape index (κ3) is 2.72. The van der Waals surface area contributed by atoms with Crippen LogP contribution in [0.2, 0.25) is 0 Å². The fourth-order valence-corrected chi connectivity index (χ4v) is 2.87. The van der Waals surface area contributed by atoms with Gasteiger partial charge in [-0.2, -0.15) is 0 Å². The van der Waals surface area contributed by atoms with Crippen LogP contribution in [0.4, 0.5) is 0 Å². The van der Waals surface area contributed by atoms with E-state index in [0.717, 1.165) is 22.5 Å². The smallest absolute Gasteiger partial charge is 0.111 e. The molecule has 0 N–H and O–H groups in total. The Hall–Kier alpha value is -3.20. The molecule has 0 aliphatic carbocycles. The van der Waals surface area contributed by atoms with Gasteiger partial charge in [-0.3, -0.25) is 9.55 Å². The van der Waals surface area contributed by atoms with Gasteiger partial charge in [0, 0.05) is 11.9 Å². The zero-order valence-electron chi connectivity index (χ0n) is 13.4. The predicted molar refractivity (Wildman–Crippen MR) is 99.0 cm³/mol. The van der Waals surface area contributed by atoms with Gasteiger partial charge in [0.25, 0.3) is 0 Å². The average Bonchev–Trinajstić information content (AvgIpc) is 2.97. The minimum atomic E-state index is 0.919. The summed E-state index contributed by atoms with van der Waals surface area (Å²) in [4.78, 5) is 8.72. The molecule has 0 radical (unpaired) electrons. The van der Waals surface area contributed by atoms with Gasteiger partial charge in [-0.15, -0.1) is 0 Å². The van der Waals surface area contributed by atoms with Crippen LogP contribution >= 0.6 is 0 Å². The fraction of sp³-hybridized carbons (Fsp3) is 0.0476. The average molecular weight is 311 g/mol. The van der Waals surface area contributed by atoms with E-state index in [1.54, 1.807) is 12.4 Å². The third-order valence-corrected chi connectivity index (χ3v) is 4.04. The van der Waals surface area contributed by atoms with E-state index in [1.165, 1.54) is 11.1 Å². The first-order chi connectivity index (χ1) is 11.8. The molecular formula is C21H17N3. The highest BCUT2D eigenvalue weighted by Gasteiger charge is 2.08. The molecule has 4 rings (SSSR count). The number of hydrogen-bond donors (Lipinski definition) is 0. The maximum Gasteiger partial charge on any atom is 0.111 e. The number of aromatic nitrogens is 3. The molecule has 24 heavy (non-hydrogen) atoms. The van der Waals surface area contributed by atoms with Gasteiger partial charge in [0.05, 0.1) is 11.7 Å². The molecule has 0 aliphatic rings. The number of aryl methyl sites for hydroxylation is 1. The summed E-state index contributed by atoms with van der Waals surface area (Å²) >= 11 is 0. The summed E-state index contributed by atoms with van der Waals surface area (Å²) < 4.78 is 2.15. The van der Waals surface area contributed by atoms with Gasteiger partial charge in [-0.25, -0.2) is 4.98 Å². The van der Waals surface area contributed by atoms with Crippen molar-refractivity contribution >= 4 is 23.2 Å². The Labute approximate surface area is 140 Å². The molecule has 0 amide bonds. The van der Waals surface area contributed by atoms with Crippen LogP contribution in [0.1, 0.15) is 17.0 Å². The number of imidazole rings is 1. The Balaban J connectivity index is 1.66. The molecule has 3 heteroatoms. The van der Waals surface area contributed by atoms with Gasteiger partial charge in [-0.1, -0.05) is 54.6 Å². The van der Waals surface area contributed by atoms with Crippen molar-refractivity contribution < 1.29 is 0 Å². The van der Waals surface area contributed by atoms with Crippen LogP contribution in [0, 0.1) is 6.92 Å². The van der Waals surface area contributed by atoms with Gasteiger partial charge >= 0.3 is 0 Å². The number of benzene rings is 2. The Morgan fingerprint density at radius 2 is 1.54 bits per heavy atom. The second kappa shape index (κ2) is 6.13. The van der Waals surface area contributed by atoms with Crippen LogP contribution < -0.4 is 0 Å². The van der Waals surface area contributed by atoms with Crippen molar-refractivity contribution in [2.24, 2.45) is 0 Å². The lowest BCUT2D eigenvalue weighted by molar-refractivity contribution is 1.00. The van der Waals surface area contributed by atoms with Crippen LogP contribution in [0.5, 0.6) is 0 Å². The van der Waals surface area contributed by atoms with E-state index in [2.05, 4.69) is 63.1 Å². The van der Waals surface area contributed by atoms with Crippen LogP contribution in [-0.4, -0.2) is 14.5 Å². The molecule has 0 spiro atoms. The highest BCUT2D eigenvalue weighted by molar-refractivity contribution is 5.77. The van der Waals surface area contributed by atoms with Crippen LogP contribution in [0.15, 0.2) is 73.1 Å². The van der Waals surface area contributed by atoms with E-state index in [-0.39, 0.29) is 0 Å². The van der Waals surface area contributed by atoms with Gasteiger partial charge < -0.3 is 0 Å². The highest BCUT2D eigenvalue weighted by atomic mass is 15.1. The highest BCUT2D eigenvalue weighted by Crippen LogP contribution is 2.21. The van der Waals surface area contributed by atoms with E-state index in [0.29, 0.717) is 0 Å². The summed E-state index contributed by atoms with van der Waals surface area (Å²) in [6, 6.07) is 20.8. The SMILES string of the molecule is Cc1nc2cnccc2n1-c1ccc(/C=C\c2ccccc2)cc1. The van der Waals surface area contributed by atoms with Gasteiger partial charge in [0.1, 0.15) is 11.3 Å². The molecule has 0 atom stereocenters. The number of nitrogens with zero attached hydrogens (tertiary/aromatic N) is 3. The predicted octanol–water partition coefficient (Wildman–Crippen LogP) is 4.90. The number of rotatable bonds is 3. The van der Waals surface area contributed by atoms with Crippen molar-refractivity contribution in [3.05, 3.63) is 90.0 Å². The Bertz CT molecular complexity index is 996. The molecule has 0 bridgehead atoms. The number of hydrogen-bond acceptors (Lipinski definition) is 2. The first-order valence-electron chi connectivity index (χ1n) is 7.94. The van der Waals surface area contributed by atoms with Crippen molar-refractivity contribution in [3.8, 4) is 5.69 Å². The Morgan fingerprint density at radius 1 is 0.833 bits per heavy atom. The van der Waals surface area contributed by atoms with E-state index in [1.807, 2.05) is 31.2 Å². The van der Waals surface area contributed by atoms with Crippen LogP contribution in [-0.2, 0) is 0 Å². The summed E-state index contributed by atoms with van der Waals surface area (Å²) in [5.41, 5.74) is 5.48. The normalized spacial score (nSPS) is 11.4. The molecule has 0 fully saturated rings. The second-order valence-electron chi connectivity index (χ2n) is 5.69. The summed E-state index contributed by atoms with van der Waals surface area (Å²) in [5, 5.41) is 0. The van der Waals surface area contributed by atoms with Crippen molar-refractivity contribution in [1.82, 2.24) is 14.5 Å². The number of fused-ring (bicyclic) bond motifs is 1. The summed E-state index contributed by atoms with van der Waals surface area (Å²) in [5.74, 6) is 0.963. The minimum absolute atomic E-state index is 0.919. The van der Waals surface area contributed by atoms with E-state index < -0.39 is 0 Å². The van der Waals surface area contributed by atoms with Crippen molar-refractivity contribution in [1.29, 1.82) is 0 Å². The monoisotopic (exact) mass is 311 g/mol. The zero-order chi connectivity index (χ0) is 16.4. The maximum atomic E-state index is 4.57. The standard InChI is InChI=1S/C21H17N3/c1-16-23-20-15-22-14-13-21(20)24(16)19-11-9-18(10-12-19)8-7-17-5-3-2-4-6-17/h2-15H,1H3/b8-7-. The summed E-state index contributed by atoms with van der Waals surface area (Å²) in [7, 11) is 0. The first-order valence-corrected chi connectivity index (χ1v) is 7.94. The quantitative estimate of drug-likeness (QED) is 0.504. The molecular weight excluding hydrogens is 294 g/mol. The molecule has 0 unspecified atom stereocenters. The van der Waals surface area contributed by atoms with E-state index >= 15 is 0 Å². The molecule has 3 nitrogen and oxygen atoms in total. The second-order valence-corrected chi connectivity index (χ2v) is 5.69. The Kier molecular flexibility index (Phi) is 3.67. The molecule has 4 aromatic rings. The van der Waals surface area contributed by atoms with Gasteiger partial charge in [-0.05, 0) is 36.2 Å². The van der Waals surface area contributed by atoms with Crippen molar-refractivity contribution in [3.63, 3.8) is 0 Å². The summed E-state index contributed by atoms with van der Waals surface area (Å²) in [6.07, 6.45) is 7.85. The minimum Gasteiger partial charge on any atom is -0.296 e. The lowest BCUT2D eigenvalue weighted by Crippen LogP contribution is -1.96. The van der Waals surface area contributed by atoms with Gasteiger partial charge in [0.2, 0.25) is 0 Å². The van der Waals surface area contributed by atoms with E-state index in [9.17, 15) is 0 Å². The molecule has 0 saturated carbocycles. The largest absolute Gasteiger partial charge is 0.296 e. The molecule has 2 aromatic heterocycles. The van der Waals surface area contributed by atoms with Crippen molar-refractivity contribution in [2.45, 2.75) is 6.92 Å². The Morgan fingerprint density at radius 3 is 2.29 bits per heavy atom. The first kappa shape index (κ1) is 14.4. The molecule has 0 aliphatic heterocycles. The lowest BCUT2D eigenvalue weighted by Gasteiger charge is -2.07. The molecule has 2 aromatic carbocycles. The van der Waals surface area contributed by atoms with Crippen molar-refractivity contribution in [2.75, 3.05) is 0 Å². The van der Waals surface area contributed by atoms with Gasteiger partial charge in [0.15, 0.2) is 0 Å².